The summed E-state index contributed by atoms with van der Waals surface area (Å²) in [5.74, 6) is -0.258. The molecule has 1 aliphatic carbocycles. The van der Waals surface area contributed by atoms with Crippen LogP contribution in [0.1, 0.15) is 46.9 Å². The molecule has 1 saturated carbocycles. The molecule has 0 unspecified atom stereocenters. The molecule has 0 atom stereocenters. The number of H-pyrrole nitrogens is 1. The first-order valence-corrected chi connectivity index (χ1v) is 4.61. The van der Waals surface area contributed by atoms with Gasteiger partial charge in [-0.25, -0.2) is 4.79 Å². The molecule has 13 heavy (non-hydrogen) atoms. The third-order valence-electron chi connectivity index (χ3n) is 2.81. The number of hydrogen-bond acceptors (Lipinski definition) is 1. The summed E-state index contributed by atoms with van der Waals surface area (Å²) in [6.45, 7) is 1.81. The SMILES string of the molecule is Cc1[nH]c(C2CCC2)cc1C(=O)O. The number of carbonyl (C=O) groups is 1. The van der Waals surface area contributed by atoms with Gasteiger partial charge in [0.05, 0.1) is 5.56 Å². The van der Waals surface area contributed by atoms with Crippen LogP contribution in [0, 0.1) is 6.92 Å². The van der Waals surface area contributed by atoms with E-state index < -0.39 is 5.97 Å². The second-order valence-corrected chi connectivity index (χ2v) is 3.70. The molecule has 0 radical (unpaired) electrons. The van der Waals surface area contributed by atoms with Crippen LogP contribution in [-0.2, 0) is 0 Å². The maximum absolute atomic E-state index is 10.7. The van der Waals surface area contributed by atoms with E-state index in [2.05, 4.69) is 4.98 Å². The van der Waals surface area contributed by atoms with Crippen molar-refractivity contribution >= 4 is 5.97 Å². The Hall–Kier alpha value is -1.25. The van der Waals surface area contributed by atoms with Crippen molar-refractivity contribution < 1.29 is 9.90 Å². The average Bonchev–Trinajstić information content (AvgIpc) is 2.27. The Morgan fingerprint density at radius 2 is 2.31 bits per heavy atom. The third kappa shape index (κ3) is 1.34. The molecule has 0 spiro atoms. The lowest BCUT2D eigenvalue weighted by Gasteiger charge is -2.23. The number of aromatic nitrogens is 1. The molecule has 2 N–H and O–H groups in total. The first-order valence-electron chi connectivity index (χ1n) is 4.61. The minimum Gasteiger partial charge on any atom is -0.478 e. The molecule has 70 valence electrons. The topological polar surface area (TPSA) is 53.1 Å². The number of aryl methyl sites for hydroxylation is 1. The summed E-state index contributed by atoms with van der Waals surface area (Å²) in [7, 11) is 0. The zero-order valence-electron chi connectivity index (χ0n) is 7.63. The normalized spacial score (nSPS) is 17.0. The first kappa shape index (κ1) is 8.35. The summed E-state index contributed by atoms with van der Waals surface area (Å²) < 4.78 is 0. The predicted octanol–water partition coefficient (Wildman–Crippen LogP) is 2.29. The smallest absolute Gasteiger partial charge is 0.337 e. The van der Waals surface area contributed by atoms with Crippen molar-refractivity contribution in [2.75, 3.05) is 0 Å². The fraction of sp³-hybridized carbons (Fsp3) is 0.500. The van der Waals surface area contributed by atoms with E-state index in [1.54, 1.807) is 6.07 Å². The molecule has 0 bridgehead atoms. The summed E-state index contributed by atoms with van der Waals surface area (Å²) in [5.41, 5.74) is 2.29. The minimum absolute atomic E-state index is 0.418. The second-order valence-electron chi connectivity index (χ2n) is 3.70. The summed E-state index contributed by atoms with van der Waals surface area (Å²) in [5, 5.41) is 8.83. The van der Waals surface area contributed by atoms with E-state index in [4.69, 9.17) is 5.11 Å². The Kier molecular flexibility index (Phi) is 1.87. The van der Waals surface area contributed by atoms with Crippen molar-refractivity contribution in [1.82, 2.24) is 4.98 Å². The van der Waals surface area contributed by atoms with Crippen molar-refractivity contribution in [3.63, 3.8) is 0 Å². The summed E-state index contributed by atoms with van der Waals surface area (Å²) in [6, 6.07) is 1.78. The van der Waals surface area contributed by atoms with Gasteiger partial charge >= 0.3 is 5.97 Å². The molecule has 0 aromatic carbocycles. The Morgan fingerprint density at radius 1 is 1.62 bits per heavy atom. The number of aromatic carboxylic acids is 1. The molecule has 1 aromatic heterocycles. The highest BCUT2D eigenvalue weighted by Crippen LogP contribution is 2.36. The van der Waals surface area contributed by atoms with Gasteiger partial charge in [0.25, 0.3) is 0 Å². The zero-order chi connectivity index (χ0) is 9.42. The molecular weight excluding hydrogens is 166 g/mol. The van der Waals surface area contributed by atoms with E-state index >= 15 is 0 Å². The fourth-order valence-electron chi connectivity index (χ4n) is 1.74. The van der Waals surface area contributed by atoms with Crippen LogP contribution in [-0.4, -0.2) is 16.1 Å². The molecule has 1 fully saturated rings. The van der Waals surface area contributed by atoms with Crippen LogP contribution in [0.2, 0.25) is 0 Å². The van der Waals surface area contributed by atoms with Crippen LogP contribution in [0.15, 0.2) is 6.07 Å². The molecular formula is C10H13NO2. The molecule has 1 aromatic rings. The van der Waals surface area contributed by atoms with E-state index in [-0.39, 0.29) is 0 Å². The molecule has 1 aliphatic rings. The zero-order valence-corrected chi connectivity index (χ0v) is 7.63. The third-order valence-corrected chi connectivity index (χ3v) is 2.81. The van der Waals surface area contributed by atoms with Gasteiger partial charge in [-0.2, -0.15) is 0 Å². The van der Waals surface area contributed by atoms with Gasteiger partial charge in [0.2, 0.25) is 0 Å². The van der Waals surface area contributed by atoms with Crippen LogP contribution in [0.5, 0.6) is 0 Å². The van der Waals surface area contributed by atoms with Gasteiger partial charge in [-0.3, -0.25) is 0 Å². The van der Waals surface area contributed by atoms with Gasteiger partial charge in [-0.1, -0.05) is 6.42 Å². The largest absolute Gasteiger partial charge is 0.478 e. The highest BCUT2D eigenvalue weighted by molar-refractivity contribution is 5.89. The van der Waals surface area contributed by atoms with Crippen molar-refractivity contribution in [2.24, 2.45) is 0 Å². The molecule has 0 saturated heterocycles. The first-order chi connectivity index (χ1) is 6.18. The lowest BCUT2D eigenvalue weighted by atomic mass is 9.83. The fourth-order valence-corrected chi connectivity index (χ4v) is 1.74. The van der Waals surface area contributed by atoms with Gasteiger partial charge < -0.3 is 10.1 Å². The standard InChI is InChI=1S/C10H13NO2/c1-6-8(10(12)13)5-9(11-6)7-3-2-4-7/h5,7,11H,2-4H2,1H3,(H,12,13). The second kappa shape index (κ2) is 2.91. The van der Waals surface area contributed by atoms with E-state index in [0.29, 0.717) is 11.5 Å². The van der Waals surface area contributed by atoms with Gasteiger partial charge in [0, 0.05) is 11.4 Å². The van der Waals surface area contributed by atoms with E-state index in [1.165, 1.54) is 19.3 Å². The molecule has 2 rings (SSSR count). The number of hydrogen-bond donors (Lipinski definition) is 2. The summed E-state index contributed by atoms with van der Waals surface area (Å²) in [6.07, 6.45) is 3.66. The van der Waals surface area contributed by atoms with Crippen LogP contribution < -0.4 is 0 Å². The number of nitrogens with one attached hydrogen (secondary N) is 1. The van der Waals surface area contributed by atoms with Crippen molar-refractivity contribution in [2.45, 2.75) is 32.1 Å². The Labute approximate surface area is 76.8 Å². The minimum atomic E-state index is -0.834. The lowest BCUT2D eigenvalue weighted by Crippen LogP contribution is -2.08. The monoisotopic (exact) mass is 179 g/mol. The van der Waals surface area contributed by atoms with Crippen LogP contribution in [0.25, 0.3) is 0 Å². The van der Waals surface area contributed by atoms with Gasteiger partial charge in [-0.15, -0.1) is 0 Å². The van der Waals surface area contributed by atoms with Gasteiger partial charge in [-0.05, 0) is 31.7 Å². The quantitative estimate of drug-likeness (QED) is 0.731. The maximum atomic E-state index is 10.7. The van der Waals surface area contributed by atoms with Crippen LogP contribution >= 0.6 is 0 Å². The van der Waals surface area contributed by atoms with Gasteiger partial charge in [0.1, 0.15) is 0 Å². The molecule has 0 aliphatic heterocycles. The van der Waals surface area contributed by atoms with Crippen LogP contribution in [0.4, 0.5) is 0 Å². The van der Waals surface area contributed by atoms with Gasteiger partial charge in [0.15, 0.2) is 0 Å². The van der Waals surface area contributed by atoms with E-state index in [9.17, 15) is 4.79 Å². The highest BCUT2D eigenvalue weighted by atomic mass is 16.4. The lowest BCUT2D eigenvalue weighted by molar-refractivity contribution is 0.0696. The van der Waals surface area contributed by atoms with E-state index in [1.807, 2.05) is 6.92 Å². The molecule has 1 heterocycles. The maximum Gasteiger partial charge on any atom is 0.337 e. The molecule has 3 heteroatoms. The van der Waals surface area contributed by atoms with Crippen LogP contribution in [0.3, 0.4) is 0 Å². The average molecular weight is 179 g/mol. The predicted molar refractivity (Wildman–Crippen MR) is 49.1 cm³/mol. The number of carboxylic acids is 1. The van der Waals surface area contributed by atoms with Crippen molar-refractivity contribution in [3.8, 4) is 0 Å². The summed E-state index contributed by atoms with van der Waals surface area (Å²) in [4.78, 5) is 13.9. The molecule has 0 amide bonds. The summed E-state index contributed by atoms with van der Waals surface area (Å²) >= 11 is 0. The Morgan fingerprint density at radius 3 is 2.69 bits per heavy atom. The highest BCUT2D eigenvalue weighted by Gasteiger charge is 2.23. The number of aromatic amines is 1. The number of rotatable bonds is 2. The Bertz CT molecular complexity index is 337. The van der Waals surface area contributed by atoms with Crippen molar-refractivity contribution in [3.05, 3.63) is 23.0 Å². The molecule has 3 nitrogen and oxygen atoms in total. The van der Waals surface area contributed by atoms with Crippen molar-refractivity contribution in [1.29, 1.82) is 0 Å². The Balaban J connectivity index is 2.28. The van der Waals surface area contributed by atoms with E-state index in [0.717, 1.165) is 11.4 Å². The number of carboxylic acid groups (broad SMARTS) is 1.